The molecule has 0 aliphatic carbocycles. The van der Waals surface area contributed by atoms with Gasteiger partial charge in [-0.05, 0) is 24.1 Å². The van der Waals surface area contributed by atoms with E-state index in [1.807, 2.05) is 24.3 Å². The molecule has 0 saturated carbocycles. The first-order valence-corrected chi connectivity index (χ1v) is 6.42. The smallest absolute Gasteiger partial charge is 0.0922 e. The second-order valence-corrected chi connectivity index (χ2v) is 5.06. The van der Waals surface area contributed by atoms with Crippen LogP contribution in [-0.4, -0.2) is 5.11 Å². The predicted molar refractivity (Wildman–Crippen MR) is 68.8 cm³/mol. The molecule has 16 heavy (non-hydrogen) atoms. The molecular weight excluding hydrogens is 216 g/mol. The molecule has 1 nitrogen and oxygen atoms in total. The molecule has 1 heterocycles. The molecule has 1 atom stereocenters. The number of aryl methyl sites for hydroxylation is 1. The molecule has 0 aliphatic heterocycles. The molecule has 0 saturated heterocycles. The molecule has 0 aliphatic rings. The summed E-state index contributed by atoms with van der Waals surface area (Å²) >= 11 is 1.71. The zero-order valence-corrected chi connectivity index (χ0v) is 10.2. The maximum Gasteiger partial charge on any atom is 0.0922 e. The SMILES string of the molecule is CCc1ccc(C(O)Cc2ccccc2)s1. The van der Waals surface area contributed by atoms with Crippen LogP contribution < -0.4 is 0 Å². The average molecular weight is 232 g/mol. The molecule has 0 amide bonds. The van der Waals surface area contributed by atoms with Gasteiger partial charge in [-0.1, -0.05) is 37.3 Å². The van der Waals surface area contributed by atoms with Gasteiger partial charge in [0.1, 0.15) is 0 Å². The second-order valence-electron chi connectivity index (χ2n) is 3.86. The first-order chi connectivity index (χ1) is 7.79. The molecule has 2 heteroatoms. The van der Waals surface area contributed by atoms with Crippen LogP contribution >= 0.6 is 11.3 Å². The van der Waals surface area contributed by atoms with Crippen LogP contribution in [0, 0.1) is 0 Å². The minimum absolute atomic E-state index is 0.368. The molecule has 0 fully saturated rings. The van der Waals surface area contributed by atoms with Gasteiger partial charge in [0.15, 0.2) is 0 Å². The Balaban J connectivity index is 2.05. The highest BCUT2D eigenvalue weighted by molar-refractivity contribution is 7.12. The Hall–Kier alpha value is -1.12. The third-order valence-electron chi connectivity index (χ3n) is 2.63. The van der Waals surface area contributed by atoms with Gasteiger partial charge < -0.3 is 5.11 Å². The van der Waals surface area contributed by atoms with Gasteiger partial charge in [0.2, 0.25) is 0 Å². The summed E-state index contributed by atoms with van der Waals surface area (Å²) in [5, 5.41) is 10.1. The molecule has 0 spiro atoms. The summed E-state index contributed by atoms with van der Waals surface area (Å²) in [7, 11) is 0. The number of aliphatic hydroxyl groups is 1. The van der Waals surface area contributed by atoms with Crippen LogP contribution in [0.5, 0.6) is 0 Å². The maximum absolute atomic E-state index is 10.1. The largest absolute Gasteiger partial charge is 0.387 e. The van der Waals surface area contributed by atoms with Crippen LogP contribution in [-0.2, 0) is 12.8 Å². The zero-order chi connectivity index (χ0) is 11.4. The standard InChI is InChI=1S/C14H16OS/c1-2-12-8-9-14(16-12)13(15)10-11-6-4-3-5-7-11/h3-9,13,15H,2,10H2,1H3. The van der Waals surface area contributed by atoms with Gasteiger partial charge >= 0.3 is 0 Å². The Morgan fingerprint density at radius 3 is 2.50 bits per heavy atom. The number of rotatable bonds is 4. The summed E-state index contributed by atoms with van der Waals surface area (Å²) in [6, 6.07) is 14.3. The fraction of sp³-hybridized carbons (Fsp3) is 0.286. The highest BCUT2D eigenvalue weighted by atomic mass is 32.1. The molecular formula is C14H16OS. The molecule has 2 aromatic rings. The molecule has 1 aromatic heterocycles. The number of aliphatic hydroxyl groups excluding tert-OH is 1. The number of benzene rings is 1. The Kier molecular flexibility index (Phi) is 3.75. The van der Waals surface area contributed by atoms with Crippen molar-refractivity contribution >= 4 is 11.3 Å². The van der Waals surface area contributed by atoms with Crippen molar-refractivity contribution in [3.8, 4) is 0 Å². The van der Waals surface area contributed by atoms with Crippen LogP contribution in [0.1, 0.15) is 28.3 Å². The van der Waals surface area contributed by atoms with Crippen molar-refractivity contribution in [2.24, 2.45) is 0 Å². The van der Waals surface area contributed by atoms with Crippen LogP contribution in [0.25, 0.3) is 0 Å². The van der Waals surface area contributed by atoms with Crippen molar-refractivity contribution < 1.29 is 5.11 Å². The van der Waals surface area contributed by atoms with E-state index in [1.54, 1.807) is 11.3 Å². The summed E-state index contributed by atoms with van der Waals surface area (Å²) in [5.41, 5.74) is 1.18. The summed E-state index contributed by atoms with van der Waals surface area (Å²) in [5.74, 6) is 0. The third kappa shape index (κ3) is 2.71. The van der Waals surface area contributed by atoms with Crippen molar-refractivity contribution in [3.63, 3.8) is 0 Å². The van der Waals surface area contributed by atoms with Gasteiger partial charge in [-0.2, -0.15) is 0 Å². The highest BCUT2D eigenvalue weighted by Crippen LogP contribution is 2.26. The summed E-state index contributed by atoms with van der Waals surface area (Å²) in [6.45, 7) is 2.14. The van der Waals surface area contributed by atoms with E-state index in [0.717, 1.165) is 11.3 Å². The lowest BCUT2D eigenvalue weighted by atomic mass is 10.1. The number of hydrogen-bond donors (Lipinski definition) is 1. The topological polar surface area (TPSA) is 20.2 Å². The van der Waals surface area contributed by atoms with E-state index in [1.165, 1.54) is 10.4 Å². The fourth-order valence-electron chi connectivity index (χ4n) is 1.70. The lowest BCUT2D eigenvalue weighted by Crippen LogP contribution is -1.98. The van der Waals surface area contributed by atoms with Gasteiger partial charge in [0, 0.05) is 16.2 Å². The van der Waals surface area contributed by atoms with Crippen molar-refractivity contribution in [1.29, 1.82) is 0 Å². The van der Waals surface area contributed by atoms with Crippen molar-refractivity contribution in [2.75, 3.05) is 0 Å². The van der Waals surface area contributed by atoms with Crippen LogP contribution in [0.4, 0.5) is 0 Å². The summed E-state index contributed by atoms with van der Waals surface area (Å²) in [6.07, 6.45) is 1.38. The number of thiophene rings is 1. The Labute approximate surface area is 100 Å². The number of hydrogen-bond acceptors (Lipinski definition) is 2. The Morgan fingerprint density at radius 2 is 1.88 bits per heavy atom. The fourth-order valence-corrected chi connectivity index (χ4v) is 2.64. The van der Waals surface area contributed by atoms with Crippen LogP contribution in [0.15, 0.2) is 42.5 Å². The quantitative estimate of drug-likeness (QED) is 0.854. The Bertz CT molecular complexity index is 433. The third-order valence-corrected chi connectivity index (χ3v) is 3.96. The van der Waals surface area contributed by atoms with Gasteiger partial charge in [-0.3, -0.25) is 0 Å². The van der Waals surface area contributed by atoms with Gasteiger partial charge in [0.25, 0.3) is 0 Å². The van der Waals surface area contributed by atoms with Crippen molar-refractivity contribution in [1.82, 2.24) is 0 Å². The lowest BCUT2D eigenvalue weighted by molar-refractivity contribution is 0.182. The van der Waals surface area contributed by atoms with E-state index in [2.05, 4.69) is 25.1 Å². The molecule has 1 aromatic carbocycles. The van der Waals surface area contributed by atoms with Gasteiger partial charge in [0.05, 0.1) is 6.10 Å². The predicted octanol–water partition coefficient (Wildman–Crippen LogP) is 3.59. The monoisotopic (exact) mass is 232 g/mol. The molecule has 1 N–H and O–H groups in total. The summed E-state index contributed by atoms with van der Waals surface area (Å²) in [4.78, 5) is 2.41. The van der Waals surface area contributed by atoms with E-state index in [4.69, 9.17) is 0 Å². The molecule has 0 bridgehead atoms. The van der Waals surface area contributed by atoms with E-state index < -0.39 is 0 Å². The van der Waals surface area contributed by atoms with Crippen LogP contribution in [0.3, 0.4) is 0 Å². The van der Waals surface area contributed by atoms with Crippen LogP contribution in [0.2, 0.25) is 0 Å². The second kappa shape index (κ2) is 5.28. The lowest BCUT2D eigenvalue weighted by Gasteiger charge is -2.08. The van der Waals surface area contributed by atoms with E-state index in [0.29, 0.717) is 6.42 Å². The first kappa shape index (κ1) is 11.4. The molecule has 2 rings (SSSR count). The zero-order valence-electron chi connectivity index (χ0n) is 9.39. The minimum Gasteiger partial charge on any atom is -0.387 e. The van der Waals surface area contributed by atoms with E-state index in [-0.39, 0.29) is 6.10 Å². The summed E-state index contributed by atoms with van der Waals surface area (Å²) < 4.78 is 0. The van der Waals surface area contributed by atoms with Gasteiger partial charge in [-0.25, -0.2) is 0 Å². The van der Waals surface area contributed by atoms with Crippen molar-refractivity contribution in [3.05, 3.63) is 57.8 Å². The average Bonchev–Trinajstić information content (AvgIpc) is 2.79. The maximum atomic E-state index is 10.1. The van der Waals surface area contributed by atoms with E-state index in [9.17, 15) is 5.11 Å². The minimum atomic E-state index is -0.368. The highest BCUT2D eigenvalue weighted by Gasteiger charge is 2.10. The van der Waals surface area contributed by atoms with E-state index >= 15 is 0 Å². The molecule has 1 unspecified atom stereocenters. The normalized spacial score (nSPS) is 12.6. The van der Waals surface area contributed by atoms with Gasteiger partial charge in [-0.15, -0.1) is 11.3 Å². The van der Waals surface area contributed by atoms with Crippen molar-refractivity contribution in [2.45, 2.75) is 25.9 Å². The Morgan fingerprint density at radius 1 is 1.12 bits per heavy atom. The first-order valence-electron chi connectivity index (χ1n) is 5.60. The molecule has 84 valence electrons. The molecule has 0 radical (unpaired) electrons.